The van der Waals surface area contributed by atoms with Crippen molar-refractivity contribution >= 4 is 17.2 Å². The van der Waals surface area contributed by atoms with Crippen LogP contribution in [0, 0.1) is 11.8 Å². The average molecular weight is 356 g/mol. The topological polar surface area (TPSA) is 80.9 Å². The molecule has 2 unspecified atom stereocenters. The highest BCUT2D eigenvalue weighted by Crippen LogP contribution is 2.39. The Morgan fingerprint density at radius 1 is 1.32 bits per heavy atom. The van der Waals surface area contributed by atoms with Gasteiger partial charge in [-0.05, 0) is 49.7 Å². The fourth-order valence-electron chi connectivity index (χ4n) is 4.44. The Kier molecular flexibility index (Phi) is 4.81. The minimum absolute atomic E-state index is 0.0837. The third-order valence-corrected chi connectivity index (χ3v) is 6.45. The van der Waals surface area contributed by atoms with Gasteiger partial charge in [-0.1, -0.05) is 6.42 Å². The van der Waals surface area contributed by atoms with Crippen LogP contribution in [0.3, 0.4) is 0 Å². The smallest absolute Gasteiger partial charge is 0.226 e. The van der Waals surface area contributed by atoms with Gasteiger partial charge in [-0.15, -0.1) is 11.3 Å². The monoisotopic (exact) mass is 356 g/mol. The maximum Gasteiger partial charge on any atom is 0.226 e. The first-order valence-corrected chi connectivity index (χ1v) is 9.97. The third kappa shape index (κ3) is 3.75. The van der Waals surface area contributed by atoms with Crippen LogP contribution < -0.4 is 11.1 Å². The van der Waals surface area contributed by atoms with Gasteiger partial charge in [0.15, 0.2) is 0 Å². The van der Waals surface area contributed by atoms with Gasteiger partial charge in [0.1, 0.15) is 5.01 Å². The molecule has 132 valence electrons. The second kappa shape index (κ2) is 7.22. The Bertz CT molecular complexity index is 718. The van der Waals surface area contributed by atoms with Crippen LogP contribution in [-0.4, -0.2) is 28.0 Å². The quantitative estimate of drug-likeness (QED) is 0.883. The summed E-state index contributed by atoms with van der Waals surface area (Å²) in [5.41, 5.74) is 8.00. The van der Waals surface area contributed by atoms with E-state index in [4.69, 9.17) is 5.73 Å². The van der Waals surface area contributed by atoms with E-state index in [1.165, 1.54) is 19.3 Å². The standard InChI is InChI=1S/C19H24N4OS/c20-15-7-12-3-1-4-13(8-15)18(12)23-17(24)9-16-11-25-19(22-16)14-5-2-6-21-10-14/h2,5-6,10-13,15,18H,1,3-4,7-9,20H2,(H,23,24). The Morgan fingerprint density at radius 2 is 2.12 bits per heavy atom. The number of carbonyl (C=O) groups is 1. The van der Waals surface area contributed by atoms with Crippen LogP contribution in [0.5, 0.6) is 0 Å². The van der Waals surface area contributed by atoms with Gasteiger partial charge in [-0.3, -0.25) is 9.78 Å². The molecule has 1 amide bonds. The first-order valence-electron chi connectivity index (χ1n) is 9.09. The van der Waals surface area contributed by atoms with Crippen LogP contribution in [0.25, 0.3) is 10.6 Å². The van der Waals surface area contributed by atoms with Crippen molar-refractivity contribution in [3.8, 4) is 10.6 Å². The number of hydrogen-bond acceptors (Lipinski definition) is 5. The van der Waals surface area contributed by atoms with E-state index in [9.17, 15) is 4.79 Å². The molecule has 0 radical (unpaired) electrons. The Hall–Kier alpha value is -1.79. The zero-order valence-corrected chi connectivity index (χ0v) is 15.0. The lowest BCUT2D eigenvalue weighted by molar-refractivity contribution is -0.122. The van der Waals surface area contributed by atoms with Crippen molar-refractivity contribution < 1.29 is 4.79 Å². The van der Waals surface area contributed by atoms with Crippen LogP contribution in [0.4, 0.5) is 0 Å². The summed E-state index contributed by atoms with van der Waals surface area (Å²) >= 11 is 1.56. The number of nitrogens with two attached hydrogens (primary N) is 1. The average Bonchev–Trinajstić information content (AvgIpc) is 3.05. The summed E-state index contributed by atoms with van der Waals surface area (Å²) < 4.78 is 0. The molecule has 6 heteroatoms. The summed E-state index contributed by atoms with van der Waals surface area (Å²) in [5, 5.41) is 6.18. The molecule has 2 bridgehead atoms. The number of carbonyl (C=O) groups excluding carboxylic acids is 1. The molecule has 0 aromatic carbocycles. The maximum absolute atomic E-state index is 12.5. The van der Waals surface area contributed by atoms with Crippen LogP contribution in [0.2, 0.25) is 0 Å². The molecular formula is C19H24N4OS. The summed E-state index contributed by atoms with van der Waals surface area (Å²) in [5.74, 6) is 1.18. The predicted octanol–water partition coefficient (Wildman–Crippen LogP) is 2.77. The molecule has 0 aliphatic heterocycles. The number of pyridine rings is 1. The van der Waals surface area contributed by atoms with E-state index in [1.54, 1.807) is 23.7 Å². The molecule has 2 saturated carbocycles. The van der Waals surface area contributed by atoms with Gasteiger partial charge >= 0.3 is 0 Å². The molecular weight excluding hydrogens is 332 g/mol. The summed E-state index contributed by atoms with van der Waals surface area (Å²) in [6, 6.07) is 4.50. The number of thiazole rings is 1. The molecule has 25 heavy (non-hydrogen) atoms. The maximum atomic E-state index is 12.5. The lowest BCUT2D eigenvalue weighted by Gasteiger charge is -2.45. The normalized spacial score (nSPS) is 28.5. The number of nitrogens with one attached hydrogen (secondary N) is 1. The molecule has 2 aliphatic rings. The van der Waals surface area contributed by atoms with E-state index in [0.29, 0.717) is 30.3 Å². The largest absolute Gasteiger partial charge is 0.352 e. The summed E-state index contributed by atoms with van der Waals surface area (Å²) in [4.78, 5) is 21.3. The van der Waals surface area contributed by atoms with Crippen molar-refractivity contribution in [3.05, 3.63) is 35.6 Å². The molecule has 5 nitrogen and oxygen atoms in total. The molecule has 2 aliphatic carbocycles. The van der Waals surface area contributed by atoms with Crippen molar-refractivity contribution in [2.24, 2.45) is 17.6 Å². The van der Waals surface area contributed by atoms with Gasteiger partial charge in [0, 0.05) is 35.4 Å². The zero-order valence-electron chi connectivity index (χ0n) is 14.2. The highest BCUT2D eigenvalue weighted by Gasteiger charge is 2.39. The van der Waals surface area contributed by atoms with Gasteiger partial charge in [-0.25, -0.2) is 4.98 Å². The Balaban J connectivity index is 1.39. The number of hydrogen-bond donors (Lipinski definition) is 2. The van der Waals surface area contributed by atoms with E-state index in [1.807, 2.05) is 17.5 Å². The van der Waals surface area contributed by atoms with Crippen LogP contribution in [0.15, 0.2) is 29.9 Å². The van der Waals surface area contributed by atoms with E-state index in [-0.39, 0.29) is 5.91 Å². The van der Waals surface area contributed by atoms with Crippen LogP contribution >= 0.6 is 11.3 Å². The highest BCUT2D eigenvalue weighted by atomic mass is 32.1. The molecule has 3 N–H and O–H groups in total. The number of aromatic nitrogens is 2. The number of amides is 1. The van der Waals surface area contributed by atoms with Gasteiger partial charge in [0.25, 0.3) is 0 Å². The highest BCUT2D eigenvalue weighted by molar-refractivity contribution is 7.13. The molecule has 2 heterocycles. The first kappa shape index (κ1) is 16.7. The fourth-order valence-corrected chi connectivity index (χ4v) is 5.25. The van der Waals surface area contributed by atoms with Crippen LogP contribution in [-0.2, 0) is 11.2 Å². The second-order valence-electron chi connectivity index (χ2n) is 7.34. The number of nitrogens with zero attached hydrogens (tertiary/aromatic N) is 2. The van der Waals surface area contributed by atoms with Gasteiger partial charge in [0.2, 0.25) is 5.91 Å². The Labute approximate surface area is 152 Å². The van der Waals surface area contributed by atoms with Crippen molar-refractivity contribution in [2.75, 3.05) is 0 Å². The Morgan fingerprint density at radius 3 is 2.84 bits per heavy atom. The molecule has 2 aromatic rings. The van der Waals surface area contributed by atoms with Crippen molar-refractivity contribution in [2.45, 2.75) is 50.6 Å². The summed E-state index contributed by atoms with van der Waals surface area (Å²) in [6.07, 6.45) is 9.64. The van der Waals surface area contributed by atoms with Crippen LogP contribution in [0.1, 0.15) is 37.8 Å². The predicted molar refractivity (Wildman–Crippen MR) is 99.0 cm³/mol. The fraction of sp³-hybridized carbons (Fsp3) is 0.526. The summed E-state index contributed by atoms with van der Waals surface area (Å²) in [6.45, 7) is 0. The second-order valence-corrected chi connectivity index (χ2v) is 8.20. The molecule has 0 spiro atoms. The molecule has 2 aromatic heterocycles. The van der Waals surface area contributed by atoms with Gasteiger partial charge in [-0.2, -0.15) is 0 Å². The van der Waals surface area contributed by atoms with Crippen molar-refractivity contribution in [1.82, 2.24) is 15.3 Å². The van der Waals surface area contributed by atoms with E-state index >= 15 is 0 Å². The first-order chi connectivity index (χ1) is 12.2. The van der Waals surface area contributed by atoms with Gasteiger partial charge < -0.3 is 11.1 Å². The van der Waals surface area contributed by atoms with E-state index < -0.39 is 0 Å². The van der Waals surface area contributed by atoms with Crippen molar-refractivity contribution in [1.29, 1.82) is 0 Å². The molecule has 4 rings (SSSR count). The minimum Gasteiger partial charge on any atom is -0.352 e. The molecule has 2 fully saturated rings. The van der Waals surface area contributed by atoms with E-state index in [0.717, 1.165) is 29.1 Å². The van der Waals surface area contributed by atoms with Gasteiger partial charge in [0.05, 0.1) is 12.1 Å². The molecule has 2 atom stereocenters. The number of rotatable bonds is 4. The minimum atomic E-state index is 0.0837. The third-order valence-electron chi connectivity index (χ3n) is 5.51. The summed E-state index contributed by atoms with van der Waals surface area (Å²) in [7, 11) is 0. The lowest BCUT2D eigenvalue weighted by atomic mass is 9.67. The van der Waals surface area contributed by atoms with E-state index in [2.05, 4.69) is 15.3 Å². The van der Waals surface area contributed by atoms with Crippen molar-refractivity contribution in [3.63, 3.8) is 0 Å². The molecule has 0 saturated heterocycles. The number of fused-ring (bicyclic) bond motifs is 2. The SMILES string of the molecule is NC1CC2CCCC(C1)C2NC(=O)Cc1csc(-c2cccnc2)n1. The zero-order chi connectivity index (χ0) is 17.2. The lowest BCUT2D eigenvalue weighted by Crippen LogP contribution is -2.54.